The van der Waals surface area contributed by atoms with Gasteiger partial charge in [0.2, 0.25) is 0 Å². The van der Waals surface area contributed by atoms with Crippen LogP contribution in [0.3, 0.4) is 0 Å². The molecule has 0 heterocycles. The van der Waals surface area contributed by atoms with Gasteiger partial charge in [-0.2, -0.15) is 0 Å². The van der Waals surface area contributed by atoms with E-state index in [1.54, 1.807) is 0 Å². The highest BCUT2D eigenvalue weighted by Gasteiger charge is 2.33. The quantitative estimate of drug-likeness (QED) is 0.756. The molecule has 3 heteroatoms. The second-order valence-electron chi connectivity index (χ2n) is 7.14. The second kappa shape index (κ2) is 4.97. The lowest BCUT2D eigenvalue weighted by Crippen LogP contribution is -2.45. The van der Waals surface area contributed by atoms with E-state index in [1.807, 2.05) is 20.8 Å². The summed E-state index contributed by atoms with van der Waals surface area (Å²) in [7, 11) is 0. The molecule has 0 saturated heterocycles. The molecule has 1 aliphatic rings. The van der Waals surface area contributed by atoms with Crippen molar-refractivity contribution in [2.45, 2.75) is 72.4 Å². The molecule has 0 amide bonds. The maximum Gasteiger partial charge on any atom is 0.323 e. The summed E-state index contributed by atoms with van der Waals surface area (Å²) in [5.41, 5.74) is 6.06. The van der Waals surface area contributed by atoms with Crippen molar-refractivity contribution < 1.29 is 9.53 Å². The molecular formula is C14H27NO2. The Bertz CT molecular complexity index is 268. The second-order valence-corrected chi connectivity index (χ2v) is 7.14. The van der Waals surface area contributed by atoms with Crippen LogP contribution in [-0.4, -0.2) is 18.1 Å². The zero-order valence-corrected chi connectivity index (χ0v) is 11.9. The molecule has 0 unspecified atom stereocenters. The number of rotatable bonds is 2. The minimum Gasteiger partial charge on any atom is -0.461 e. The molecule has 2 N–H and O–H groups in total. The van der Waals surface area contributed by atoms with E-state index in [4.69, 9.17) is 10.5 Å². The van der Waals surface area contributed by atoms with E-state index in [0.717, 1.165) is 25.7 Å². The van der Waals surface area contributed by atoms with Gasteiger partial charge >= 0.3 is 5.97 Å². The average molecular weight is 241 g/mol. The summed E-state index contributed by atoms with van der Waals surface area (Å²) in [4.78, 5) is 11.9. The number of ether oxygens (including phenoxy) is 1. The standard InChI is InChI=1S/C14H27NO2/c1-13(2,3)11(15)12(16)17-10-6-8-14(4,5)9-7-10/h10-11H,6-9,15H2,1-5H3/t11-/m1/s1. The number of carbonyl (C=O) groups excluding carboxylic acids is 1. The first-order valence-corrected chi connectivity index (χ1v) is 6.58. The molecule has 0 spiro atoms. The van der Waals surface area contributed by atoms with E-state index in [1.165, 1.54) is 0 Å². The van der Waals surface area contributed by atoms with E-state index in [9.17, 15) is 4.79 Å². The summed E-state index contributed by atoms with van der Waals surface area (Å²) in [6, 6.07) is -0.530. The monoisotopic (exact) mass is 241 g/mol. The maximum absolute atomic E-state index is 11.9. The van der Waals surface area contributed by atoms with Gasteiger partial charge in [0.25, 0.3) is 0 Å². The van der Waals surface area contributed by atoms with Crippen molar-refractivity contribution in [2.24, 2.45) is 16.6 Å². The molecule has 17 heavy (non-hydrogen) atoms. The van der Waals surface area contributed by atoms with Crippen LogP contribution >= 0.6 is 0 Å². The summed E-state index contributed by atoms with van der Waals surface area (Å²) in [6.45, 7) is 10.4. The van der Waals surface area contributed by atoms with Crippen molar-refractivity contribution in [3.8, 4) is 0 Å². The minimum absolute atomic E-state index is 0.0731. The van der Waals surface area contributed by atoms with E-state index >= 15 is 0 Å². The van der Waals surface area contributed by atoms with Crippen molar-refractivity contribution in [1.29, 1.82) is 0 Å². The third-order valence-corrected chi connectivity index (χ3v) is 3.76. The molecule has 0 aliphatic heterocycles. The lowest BCUT2D eigenvalue weighted by Gasteiger charge is -2.35. The van der Waals surface area contributed by atoms with Gasteiger partial charge in [-0.05, 0) is 36.5 Å². The van der Waals surface area contributed by atoms with Gasteiger partial charge in [-0.3, -0.25) is 4.79 Å². The topological polar surface area (TPSA) is 52.3 Å². The smallest absolute Gasteiger partial charge is 0.323 e. The van der Waals surface area contributed by atoms with E-state index in [2.05, 4.69) is 13.8 Å². The third-order valence-electron chi connectivity index (χ3n) is 3.76. The fraction of sp³-hybridized carbons (Fsp3) is 0.929. The number of hydrogen-bond donors (Lipinski definition) is 1. The first-order valence-electron chi connectivity index (χ1n) is 6.58. The Kier molecular flexibility index (Phi) is 4.23. The molecule has 100 valence electrons. The Balaban J connectivity index is 2.43. The molecule has 3 nitrogen and oxygen atoms in total. The highest BCUT2D eigenvalue weighted by Crippen LogP contribution is 2.36. The SMILES string of the molecule is CC1(C)CCC(OC(=O)[C@@H](N)C(C)(C)C)CC1. The first kappa shape index (κ1) is 14.5. The number of esters is 1. The van der Waals surface area contributed by atoms with Crippen molar-refractivity contribution in [1.82, 2.24) is 0 Å². The Morgan fingerprint density at radius 1 is 1.29 bits per heavy atom. The van der Waals surface area contributed by atoms with Crippen LogP contribution in [0.15, 0.2) is 0 Å². The summed E-state index contributed by atoms with van der Waals surface area (Å²) in [5, 5.41) is 0. The zero-order valence-electron chi connectivity index (χ0n) is 11.9. The molecule has 0 bridgehead atoms. The number of nitrogens with two attached hydrogens (primary N) is 1. The molecule has 0 radical (unpaired) electrons. The summed E-state index contributed by atoms with van der Waals surface area (Å²) in [5.74, 6) is -0.248. The molecule has 1 fully saturated rings. The highest BCUT2D eigenvalue weighted by molar-refractivity contribution is 5.76. The molecule has 1 aliphatic carbocycles. The number of hydrogen-bond acceptors (Lipinski definition) is 3. The van der Waals surface area contributed by atoms with Crippen LogP contribution in [0.4, 0.5) is 0 Å². The van der Waals surface area contributed by atoms with Gasteiger partial charge in [-0.25, -0.2) is 0 Å². The van der Waals surface area contributed by atoms with Crippen molar-refractivity contribution in [2.75, 3.05) is 0 Å². The summed E-state index contributed by atoms with van der Waals surface area (Å²) in [6.07, 6.45) is 4.25. The largest absolute Gasteiger partial charge is 0.461 e. The van der Waals surface area contributed by atoms with Gasteiger partial charge in [0, 0.05) is 0 Å². The Hall–Kier alpha value is -0.570. The van der Waals surface area contributed by atoms with Crippen LogP contribution in [0.2, 0.25) is 0 Å². The average Bonchev–Trinajstić information content (AvgIpc) is 2.18. The van der Waals surface area contributed by atoms with Gasteiger partial charge < -0.3 is 10.5 Å². The molecule has 0 aromatic carbocycles. The maximum atomic E-state index is 11.9. The summed E-state index contributed by atoms with van der Waals surface area (Å²) >= 11 is 0. The highest BCUT2D eigenvalue weighted by atomic mass is 16.5. The van der Waals surface area contributed by atoms with Gasteiger partial charge in [0.1, 0.15) is 12.1 Å². The lowest BCUT2D eigenvalue weighted by atomic mass is 9.76. The molecule has 0 aromatic heterocycles. The molecule has 1 saturated carbocycles. The first-order chi connectivity index (χ1) is 7.62. The fourth-order valence-corrected chi connectivity index (χ4v) is 2.08. The van der Waals surface area contributed by atoms with Crippen LogP contribution in [0, 0.1) is 10.8 Å². The molecule has 1 rings (SSSR count). The Labute approximate surface area is 105 Å². The molecule has 0 aromatic rings. The predicted octanol–water partition coefficient (Wildman–Crippen LogP) is 2.87. The van der Waals surface area contributed by atoms with E-state index < -0.39 is 6.04 Å². The normalized spacial score (nSPS) is 23.2. The van der Waals surface area contributed by atoms with Crippen molar-refractivity contribution >= 4 is 5.97 Å². The lowest BCUT2D eigenvalue weighted by molar-refractivity contribution is -0.155. The Morgan fingerprint density at radius 2 is 1.76 bits per heavy atom. The summed E-state index contributed by atoms with van der Waals surface area (Å²) < 4.78 is 5.51. The van der Waals surface area contributed by atoms with Crippen LogP contribution in [0.5, 0.6) is 0 Å². The van der Waals surface area contributed by atoms with E-state index in [-0.39, 0.29) is 17.5 Å². The van der Waals surface area contributed by atoms with Gasteiger partial charge in [-0.1, -0.05) is 34.6 Å². The van der Waals surface area contributed by atoms with Crippen LogP contribution in [-0.2, 0) is 9.53 Å². The van der Waals surface area contributed by atoms with Crippen molar-refractivity contribution in [3.05, 3.63) is 0 Å². The van der Waals surface area contributed by atoms with Crippen LogP contribution in [0.1, 0.15) is 60.3 Å². The third kappa shape index (κ3) is 4.30. The van der Waals surface area contributed by atoms with Gasteiger partial charge in [0.05, 0.1) is 0 Å². The zero-order chi connectivity index (χ0) is 13.3. The van der Waals surface area contributed by atoms with Crippen LogP contribution < -0.4 is 5.73 Å². The number of carbonyl (C=O) groups is 1. The van der Waals surface area contributed by atoms with Gasteiger partial charge in [-0.15, -0.1) is 0 Å². The van der Waals surface area contributed by atoms with Gasteiger partial charge in [0.15, 0.2) is 0 Å². The van der Waals surface area contributed by atoms with E-state index in [0.29, 0.717) is 5.41 Å². The minimum atomic E-state index is -0.530. The van der Waals surface area contributed by atoms with Crippen LogP contribution in [0.25, 0.3) is 0 Å². The predicted molar refractivity (Wildman–Crippen MR) is 69.6 cm³/mol. The fourth-order valence-electron chi connectivity index (χ4n) is 2.08. The van der Waals surface area contributed by atoms with Crippen molar-refractivity contribution in [3.63, 3.8) is 0 Å². The molecular weight excluding hydrogens is 214 g/mol. The molecule has 1 atom stereocenters. The Morgan fingerprint density at radius 3 is 2.18 bits per heavy atom.